The average molecular weight is 317 g/mol. The molecular formula is C12H17BrN2OS. The summed E-state index contributed by atoms with van der Waals surface area (Å²) in [5.41, 5.74) is 6.20. The molecule has 0 bridgehead atoms. The molecule has 17 heavy (non-hydrogen) atoms. The normalized spacial score (nSPS) is 25.4. The molecule has 1 aromatic heterocycles. The SMILES string of the molecule is CCCN1C(=O)CCC(N)C1c1ccc(Br)s1. The number of piperidine rings is 1. The second-order valence-electron chi connectivity index (χ2n) is 4.38. The number of halogens is 1. The first-order valence-electron chi connectivity index (χ1n) is 5.93. The molecule has 1 fully saturated rings. The number of hydrogen-bond acceptors (Lipinski definition) is 3. The Morgan fingerprint density at radius 1 is 1.59 bits per heavy atom. The number of nitrogens with zero attached hydrogens (tertiary/aromatic N) is 1. The van der Waals surface area contributed by atoms with E-state index in [1.54, 1.807) is 11.3 Å². The first-order valence-corrected chi connectivity index (χ1v) is 7.54. The van der Waals surface area contributed by atoms with Gasteiger partial charge in [0, 0.05) is 23.9 Å². The lowest BCUT2D eigenvalue weighted by Crippen LogP contribution is -2.48. The Labute approximate surface area is 114 Å². The third-order valence-electron chi connectivity index (χ3n) is 3.10. The van der Waals surface area contributed by atoms with Crippen LogP contribution < -0.4 is 5.73 Å². The van der Waals surface area contributed by atoms with Crippen molar-refractivity contribution in [2.75, 3.05) is 6.54 Å². The van der Waals surface area contributed by atoms with Gasteiger partial charge in [-0.05, 0) is 40.9 Å². The zero-order valence-corrected chi connectivity index (χ0v) is 12.3. The summed E-state index contributed by atoms with van der Waals surface area (Å²) >= 11 is 5.14. The molecule has 94 valence electrons. The van der Waals surface area contributed by atoms with Gasteiger partial charge in [-0.25, -0.2) is 0 Å². The van der Waals surface area contributed by atoms with Gasteiger partial charge < -0.3 is 10.6 Å². The quantitative estimate of drug-likeness (QED) is 0.932. The van der Waals surface area contributed by atoms with Gasteiger partial charge in [-0.3, -0.25) is 4.79 Å². The van der Waals surface area contributed by atoms with Gasteiger partial charge in [0.15, 0.2) is 0 Å². The second-order valence-corrected chi connectivity index (χ2v) is 6.87. The largest absolute Gasteiger partial charge is 0.333 e. The number of likely N-dealkylation sites (tertiary alicyclic amines) is 1. The summed E-state index contributed by atoms with van der Waals surface area (Å²) in [7, 11) is 0. The molecule has 5 heteroatoms. The number of hydrogen-bond donors (Lipinski definition) is 1. The van der Waals surface area contributed by atoms with Gasteiger partial charge in [0.2, 0.25) is 5.91 Å². The van der Waals surface area contributed by atoms with E-state index in [1.165, 1.54) is 4.88 Å². The van der Waals surface area contributed by atoms with Crippen molar-refractivity contribution in [1.82, 2.24) is 4.90 Å². The number of carbonyl (C=O) groups is 1. The van der Waals surface area contributed by atoms with E-state index in [0.717, 1.165) is 23.2 Å². The minimum atomic E-state index is 0.0600. The molecule has 1 aliphatic heterocycles. The molecule has 2 atom stereocenters. The number of nitrogens with two attached hydrogens (primary N) is 1. The summed E-state index contributed by atoms with van der Waals surface area (Å²) in [6.45, 7) is 2.89. The van der Waals surface area contributed by atoms with Crippen LogP contribution in [0, 0.1) is 0 Å². The van der Waals surface area contributed by atoms with Gasteiger partial charge >= 0.3 is 0 Å². The molecular weight excluding hydrogens is 300 g/mol. The van der Waals surface area contributed by atoms with Crippen molar-refractivity contribution in [2.24, 2.45) is 5.73 Å². The molecule has 1 aromatic rings. The second kappa shape index (κ2) is 5.50. The summed E-state index contributed by atoms with van der Waals surface area (Å²) < 4.78 is 1.09. The Balaban J connectivity index is 2.28. The van der Waals surface area contributed by atoms with Crippen molar-refractivity contribution < 1.29 is 4.79 Å². The fraction of sp³-hybridized carbons (Fsp3) is 0.583. The molecule has 0 spiro atoms. The van der Waals surface area contributed by atoms with Crippen molar-refractivity contribution in [3.63, 3.8) is 0 Å². The molecule has 2 unspecified atom stereocenters. The van der Waals surface area contributed by atoms with E-state index in [9.17, 15) is 4.79 Å². The Morgan fingerprint density at radius 2 is 2.35 bits per heavy atom. The molecule has 1 aliphatic rings. The maximum Gasteiger partial charge on any atom is 0.223 e. The molecule has 3 nitrogen and oxygen atoms in total. The van der Waals surface area contributed by atoms with Crippen LogP contribution >= 0.6 is 27.3 Å². The van der Waals surface area contributed by atoms with Crippen LogP contribution in [0.3, 0.4) is 0 Å². The van der Waals surface area contributed by atoms with E-state index in [4.69, 9.17) is 5.73 Å². The van der Waals surface area contributed by atoms with Crippen LogP contribution in [0.15, 0.2) is 15.9 Å². The van der Waals surface area contributed by atoms with Gasteiger partial charge in [0.1, 0.15) is 0 Å². The van der Waals surface area contributed by atoms with E-state index in [-0.39, 0.29) is 18.0 Å². The highest BCUT2D eigenvalue weighted by Gasteiger charge is 2.35. The smallest absolute Gasteiger partial charge is 0.223 e. The predicted octanol–water partition coefficient (Wildman–Crippen LogP) is 2.91. The zero-order chi connectivity index (χ0) is 12.4. The molecule has 0 saturated carbocycles. The fourth-order valence-corrected chi connectivity index (χ4v) is 3.95. The molecule has 1 saturated heterocycles. The van der Waals surface area contributed by atoms with E-state index >= 15 is 0 Å². The molecule has 2 N–H and O–H groups in total. The number of thiophene rings is 1. The third kappa shape index (κ3) is 2.72. The molecule has 0 radical (unpaired) electrons. The monoisotopic (exact) mass is 316 g/mol. The summed E-state index contributed by atoms with van der Waals surface area (Å²) in [5.74, 6) is 0.239. The highest BCUT2D eigenvalue weighted by atomic mass is 79.9. The molecule has 2 heterocycles. The van der Waals surface area contributed by atoms with Crippen LogP contribution in [0.25, 0.3) is 0 Å². The van der Waals surface area contributed by atoms with Gasteiger partial charge in [0.05, 0.1) is 9.83 Å². The first kappa shape index (κ1) is 13.1. The maximum absolute atomic E-state index is 12.0. The Morgan fingerprint density at radius 3 is 2.94 bits per heavy atom. The summed E-state index contributed by atoms with van der Waals surface area (Å²) in [5, 5.41) is 0. The average Bonchev–Trinajstić information content (AvgIpc) is 2.70. The minimum Gasteiger partial charge on any atom is -0.333 e. The number of amides is 1. The van der Waals surface area contributed by atoms with E-state index in [2.05, 4.69) is 28.9 Å². The first-order chi connectivity index (χ1) is 8.13. The van der Waals surface area contributed by atoms with Crippen molar-refractivity contribution >= 4 is 33.2 Å². The van der Waals surface area contributed by atoms with Gasteiger partial charge in [-0.15, -0.1) is 11.3 Å². The zero-order valence-electron chi connectivity index (χ0n) is 9.86. The highest BCUT2D eigenvalue weighted by molar-refractivity contribution is 9.11. The molecule has 1 amide bonds. The van der Waals surface area contributed by atoms with Crippen molar-refractivity contribution in [1.29, 1.82) is 0 Å². The Hall–Kier alpha value is -0.390. The van der Waals surface area contributed by atoms with E-state index < -0.39 is 0 Å². The summed E-state index contributed by atoms with van der Waals surface area (Å²) in [6.07, 6.45) is 2.35. The van der Waals surface area contributed by atoms with Crippen molar-refractivity contribution in [2.45, 2.75) is 38.3 Å². The van der Waals surface area contributed by atoms with Crippen LogP contribution in [0.1, 0.15) is 37.1 Å². The van der Waals surface area contributed by atoms with Crippen LogP contribution in [-0.4, -0.2) is 23.4 Å². The minimum absolute atomic E-state index is 0.0600. The van der Waals surface area contributed by atoms with Crippen LogP contribution in [0.5, 0.6) is 0 Å². The van der Waals surface area contributed by atoms with Crippen LogP contribution in [0.4, 0.5) is 0 Å². The number of rotatable bonds is 3. The lowest BCUT2D eigenvalue weighted by Gasteiger charge is -2.39. The Bertz CT molecular complexity index is 407. The number of carbonyl (C=O) groups excluding carboxylic acids is 1. The van der Waals surface area contributed by atoms with Crippen molar-refractivity contribution in [3.8, 4) is 0 Å². The highest BCUT2D eigenvalue weighted by Crippen LogP contribution is 2.36. The van der Waals surface area contributed by atoms with Gasteiger partial charge in [-0.2, -0.15) is 0 Å². The van der Waals surface area contributed by atoms with Crippen LogP contribution in [0.2, 0.25) is 0 Å². The topological polar surface area (TPSA) is 46.3 Å². The lowest BCUT2D eigenvalue weighted by atomic mass is 9.95. The lowest BCUT2D eigenvalue weighted by molar-refractivity contribution is -0.137. The van der Waals surface area contributed by atoms with Crippen LogP contribution in [-0.2, 0) is 4.79 Å². The predicted molar refractivity (Wildman–Crippen MR) is 74.0 cm³/mol. The van der Waals surface area contributed by atoms with Gasteiger partial charge in [-0.1, -0.05) is 6.92 Å². The molecule has 0 aliphatic carbocycles. The maximum atomic E-state index is 12.0. The van der Waals surface area contributed by atoms with Crippen molar-refractivity contribution in [3.05, 3.63) is 20.8 Å². The summed E-state index contributed by atoms with van der Waals surface area (Å²) in [4.78, 5) is 15.1. The van der Waals surface area contributed by atoms with E-state index in [1.807, 2.05) is 11.0 Å². The molecule has 0 aromatic carbocycles. The van der Waals surface area contributed by atoms with Gasteiger partial charge in [0.25, 0.3) is 0 Å². The third-order valence-corrected chi connectivity index (χ3v) is 4.80. The Kier molecular flexibility index (Phi) is 4.22. The summed E-state index contributed by atoms with van der Waals surface area (Å²) in [6, 6.07) is 4.22. The standard InChI is InChI=1S/C12H17BrN2OS/c1-2-7-15-11(16)6-3-8(14)12(15)9-4-5-10(13)17-9/h4-5,8,12H,2-3,6-7,14H2,1H3. The van der Waals surface area contributed by atoms with E-state index in [0.29, 0.717) is 6.42 Å². The molecule has 2 rings (SSSR count). The fourth-order valence-electron chi connectivity index (χ4n) is 2.33.